The van der Waals surface area contributed by atoms with E-state index in [2.05, 4.69) is 17.1 Å². The van der Waals surface area contributed by atoms with Gasteiger partial charge in [-0.15, -0.1) is 4.91 Å². The zero-order valence-corrected chi connectivity index (χ0v) is 11.5. The lowest BCUT2D eigenvalue weighted by Gasteiger charge is -2.02. The van der Waals surface area contributed by atoms with Crippen LogP contribution in [0.15, 0.2) is 5.34 Å². The molecule has 0 amide bonds. The molecule has 3 heteroatoms. The summed E-state index contributed by atoms with van der Waals surface area (Å²) in [6.45, 7) is 2.75. The molecule has 102 valence electrons. The van der Waals surface area contributed by atoms with E-state index >= 15 is 0 Å². The summed E-state index contributed by atoms with van der Waals surface area (Å²) >= 11 is 0. The summed E-state index contributed by atoms with van der Waals surface area (Å²) in [4.78, 5) is 14.0. The Bertz CT molecular complexity index is 151. The molecule has 0 spiro atoms. The van der Waals surface area contributed by atoms with Crippen LogP contribution >= 0.6 is 0 Å². The number of unbranched alkanes of at least 4 members (excludes halogenated alkanes) is 11. The Hall–Kier alpha value is -0.600. The van der Waals surface area contributed by atoms with Crippen molar-refractivity contribution in [3.8, 4) is 0 Å². The van der Waals surface area contributed by atoms with E-state index in [9.17, 15) is 4.91 Å². The molecule has 0 aliphatic rings. The highest BCUT2D eigenvalue weighted by Crippen LogP contribution is 2.11. The number of nitrogens with zero attached hydrogens (tertiary/aromatic N) is 1. The van der Waals surface area contributed by atoms with Crippen LogP contribution in [0.2, 0.25) is 0 Å². The normalized spacial score (nSPS) is 10.4. The number of rotatable bonds is 14. The first kappa shape index (κ1) is 16.4. The summed E-state index contributed by atoms with van der Waals surface area (Å²) in [7, 11) is 0. The van der Waals surface area contributed by atoms with Crippen LogP contribution in [-0.2, 0) is 4.84 Å². The summed E-state index contributed by atoms with van der Waals surface area (Å²) in [6, 6.07) is 0. The molecule has 0 aliphatic heterocycles. The van der Waals surface area contributed by atoms with E-state index in [4.69, 9.17) is 0 Å². The van der Waals surface area contributed by atoms with Crippen LogP contribution in [-0.4, -0.2) is 6.61 Å². The molecular weight excluding hydrogens is 214 g/mol. The molecule has 0 radical (unpaired) electrons. The SMILES string of the molecule is CCCCCCCCCCCCCCON=O. The Morgan fingerprint density at radius 1 is 0.706 bits per heavy atom. The average Bonchev–Trinajstić information content (AvgIpc) is 2.35. The average molecular weight is 243 g/mol. The topological polar surface area (TPSA) is 38.7 Å². The molecule has 3 nitrogen and oxygen atoms in total. The van der Waals surface area contributed by atoms with E-state index in [1.807, 2.05) is 0 Å². The Kier molecular flexibility index (Phi) is 14.9. The fraction of sp³-hybridized carbons (Fsp3) is 1.00. The fourth-order valence-corrected chi connectivity index (χ4v) is 2.04. The number of hydrogen-bond donors (Lipinski definition) is 0. The van der Waals surface area contributed by atoms with Crippen LogP contribution in [0.3, 0.4) is 0 Å². The minimum absolute atomic E-state index is 0.487. The van der Waals surface area contributed by atoms with E-state index in [0.29, 0.717) is 6.61 Å². The summed E-state index contributed by atoms with van der Waals surface area (Å²) < 4.78 is 0. The summed E-state index contributed by atoms with van der Waals surface area (Å²) in [6.07, 6.45) is 15.8. The van der Waals surface area contributed by atoms with Gasteiger partial charge < -0.3 is 4.84 Å². The Labute approximate surface area is 106 Å². The third-order valence-electron chi connectivity index (χ3n) is 3.14. The Morgan fingerprint density at radius 2 is 1.12 bits per heavy atom. The van der Waals surface area contributed by atoms with Crippen LogP contribution in [0, 0.1) is 4.91 Å². The molecule has 0 rings (SSSR count). The lowest BCUT2D eigenvalue weighted by molar-refractivity contribution is 0.135. The van der Waals surface area contributed by atoms with E-state index in [1.165, 1.54) is 64.2 Å². The molecule has 0 fully saturated rings. The second-order valence-corrected chi connectivity index (χ2v) is 4.80. The first-order valence-electron chi connectivity index (χ1n) is 7.36. The van der Waals surface area contributed by atoms with Crippen LogP contribution in [0.4, 0.5) is 0 Å². The van der Waals surface area contributed by atoms with Gasteiger partial charge in [0, 0.05) is 0 Å². The maximum atomic E-state index is 9.63. The van der Waals surface area contributed by atoms with Crippen LogP contribution < -0.4 is 0 Å². The number of hydrogen-bond acceptors (Lipinski definition) is 3. The largest absolute Gasteiger partial charge is 0.364 e. The highest BCUT2D eigenvalue weighted by molar-refractivity contribution is 4.48. The molecule has 0 unspecified atom stereocenters. The van der Waals surface area contributed by atoms with Crippen molar-refractivity contribution in [2.24, 2.45) is 5.34 Å². The molecule has 0 N–H and O–H groups in total. The van der Waals surface area contributed by atoms with Gasteiger partial charge in [0.2, 0.25) is 0 Å². The van der Waals surface area contributed by atoms with Gasteiger partial charge in [0.25, 0.3) is 0 Å². The lowest BCUT2D eigenvalue weighted by atomic mass is 10.1. The van der Waals surface area contributed by atoms with Gasteiger partial charge >= 0.3 is 0 Å². The van der Waals surface area contributed by atoms with Gasteiger partial charge in [0.05, 0.1) is 0 Å². The molecule has 17 heavy (non-hydrogen) atoms. The lowest BCUT2D eigenvalue weighted by Crippen LogP contribution is -1.87. The van der Waals surface area contributed by atoms with Crippen LogP contribution in [0.5, 0.6) is 0 Å². The highest BCUT2D eigenvalue weighted by atomic mass is 16.7. The summed E-state index contributed by atoms with van der Waals surface area (Å²) in [5.74, 6) is 0. The Balaban J connectivity index is 2.87. The molecule has 0 atom stereocenters. The van der Waals surface area contributed by atoms with Crippen molar-refractivity contribution in [2.75, 3.05) is 6.61 Å². The quantitative estimate of drug-likeness (QED) is 0.233. The molecular formula is C14H29NO2. The standard InChI is InChI=1S/C14H29NO2/c1-2-3-4-5-6-7-8-9-10-11-12-13-14-17-15-16/h2-14H2,1H3. The third-order valence-corrected chi connectivity index (χ3v) is 3.14. The molecule has 0 aliphatic carbocycles. The van der Waals surface area contributed by atoms with Gasteiger partial charge in [-0.2, -0.15) is 0 Å². The molecule has 0 heterocycles. The van der Waals surface area contributed by atoms with Crippen molar-refractivity contribution in [1.29, 1.82) is 0 Å². The van der Waals surface area contributed by atoms with Gasteiger partial charge in [-0.05, 0) is 12.8 Å². The monoisotopic (exact) mass is 243 g/mol. The molecule has 0 saturated carbocycles. The van der Waals surface area contributed by atoms with Gasteiger partial charge in [-0.25, -0.2) is 0 Å². The van der Waals surface area contributed by atoms with Crippen LogP contribution in [0.1, 0.15) is 84.0 Å². The maximum Gasteiger partial charge on any atom is 0.155 e. The minimum Gasteiger partial charge on any atom is -0.364 e. The summed E-state index contributed by atoms with van der Waals surface area (Å²) in [5, 5.41) is 2.37. The molecule has 0 aromatic heterocycles. The first-order valence-corrected chi connectivity index (χ1v) is 7.36. The van der Waals surface area contributed by atoms with Crippen LogP contribution in [0.25, 0.3) is 0 Å². The molecule has 0 aromatic carbocycles. The highest BCUT2D eigenvalue weighted by Gasteiger charge is 1.93. The van der Waals surface area contributed by atoms with Gasteiger partial charge in [-0.1, -0.05) is 71.1 Å². The Morgan fingerprint density at radius 3 is 1.53 bits per heavy atom. The van der Waals surface area contributed by atoms with Crippen molar-refractivity contribution in [1.82, 2.24) is 0 Å². The first-order chi connectivity index (χ1) is 8.41. The van der Waals surface area contributed by atoms with Crippen molar-refractivity contribution in [2.45, 2.75) is 84.0 Å². The third kappa shape index (κ3) is 15.4. The second-order valence-electron chi connectivity index (χ2n) is 4.80. The smallest absolute Gasteiger partial charge is 0.155 e. The van der Waals surface area contributed by atoms with E-state index in [-0.39, 0.29) is 0 Å². The van der Waals surface area contributed by atoms with Gasteiger partial charge in [-0.3, -0.25) is 0 Å². The van der Waals surface area contributed by atoms with Crippen molar-refractivity contribution >= 4 is 0 Å². The fourth-order valence-electron chi connectivity index (χ4n) is 2.04. The van der Waals surface area contributed by atoms with E-state index in [1.54, 1.807) is 0 Å². The minimum atomic E-state index is 0.487. The van der Waals surface area contributed by atoms with Crippen molar-refractivity contribution in [3.05, 3.63) is 4.91 Å². The maximum absolute atomic E-state index is 9.63. The summed E-state index contributed by atoms with van der Waals surface area (Å²) in [5.41, 5.74) is 0. The molecule has 0 saturated heterocycles. The molecule has 0 aromatic rings. The van der Waals surface area contributed by atoms with Gasteiger partial charge in [0.1, 0.15) is 6.61 Å². The van der Waals surface area contributed by atoms with Gasteiger partial charge in [0.15, 0.2) is 5.34 Å². The van der Waals surface area contributed by atoms with E-state index < -0.39 is 0 Å². The predicted molar refractivity (Wildman–Crippen MR) is 72.8 cm³/mol. The zero-order chi connectivity index (χ0) is 12.6. The molecule has 0 bridgehead atoms. The predicted octanol–water partition coefficient (Wildman–Crippen LogP) is 5.39. The second kappa shape index (κ2) is 15.4. The van der Waals surface area contributed by atoms with Crippen molar-refractivity contribution in [3.63, 3.8) is 0 Å². The zero-order valence-electron chi connectivity index (χ0n) is 11.5. The van der Waals surface area contributed by atoms with E-state index in [0.717, 1.165) is 12.8 Å². The van der Waals surface area contributed by atoms with Crippen molar-refractivity contribution < 1.29 is 4.84 Å².